The average molecular weight is 481 g/mol. The van der Waals surface area contributed by atoms with Crippen molar-refractivity contribution in [2.24, 2.45) is 17.3 Å². The molecule has 0 saturated carbocycles. The third-order valence-corrected chi connectivity index (χ3v) is 7.52. The van der Waals surface area contributed by atoms with Gasteiger partial charge in [-0.25, -0.2) is 0 Å². The van der Waals surface area contributed by atoms with Crippen molar-refractivity contribution in [1.29, 1.82) is 0 Å². The Bertz CT molecular complexity index is 692. The summed E-state index contributed by atoms with van der Waals surface area (Å²) in [7, 11) is 0. The topological polar surface area (TPSA) is 18.5 Å². The number of ether oxygens (including phenoxy) is 2. The van der Waals surface area contributed by atoms with Gasteiger partial charge in [0, 0.05) is 26.4 Å². The van der Waals surface area contributed by atoms with Crippen molar-refractivity contribution < 1.29 is 9.47 Å². The fraction of sp³-hybridized carbons (Fsp3) is 0.636. The molecule has 196 valence electrons. The molecule has 2 heterocycles. The van der Waals surface area contributed by atoms with E-state index in [0.29, 0.717) is 5.41 Å². The summed E-state index contributed by atoms with van der Waals surface area (Å²) in [4.78, 5) is 0. The van der Waals surface area contributed by atoms with Crippen molar-refractivity contribution >= 4 is 0 Å². The lowest BCUT2D eigenvalue weighted by Crippen LogP contribution is -2.21. The Hall–Kier alpha value is -1.64. The molecule has 0 atom stereocenters. The van der Waals surface area contributed by atoms with Gasteiger partial charge in [0.15, 0.2) is 0 Å². The molecule has 2 fully saturated rings. The van der Waals surface area contributed by atoms with E-state index < -0.39 is 0 Å². The predicted molar refractivity (Wildman–Crippen MR) is 151 cm³/mol. The maximum atomic E-state index is 5.14. The van der Waals surface area contributed by atoms with Crippen LogP contribution in [0, 0.1) is 17.3 Å². The maximum Gasteiger partial charge on any atom is 0.0468 e. The van der Waals surface area contributed by atoms with Crippen molar-refractivity contribution in [1.82, 2.24) is 0 Å². The van der Waals surface area contributed by atoms with Crippen LogP contribution in [0.15, 0.2) is 48.5 Å². The molecule has 0 N–H and O–H groups in total. The SMILES string of the molecule is CC.CC.CC1CCOCC1.CC1CCOCC1.c1ccc2c(c1)CC1(C2)Cc2ccccc2C1. The monoisotopic (exact) mass is 480 g/mol. The average Bonchev–Trinajstić information content (AvgIpc) is 3.46. The molecule has 0 unspecified atom stereocenters. The van der Waals surface area contributed by atoms with Gasteiger partial charge in [-0.1, -0.05) is 90.1 Å². The van der Waals surface area contributed by atoms with Gasteiger partial charge in [-0.3, -0.25) is 0 Å². The summed E-state index contributed by atoms with van der Waals surface area (Å²) in [6, 6.07) is 18.0. The summed E-state index contributed by atoms with van der Waals surface area (Å²) >= 11 is 0. The van der Waals surface area contributed by atoms with Crippen molar-refractivity contribution in [2.45, 2.75) is 92.9 Å². The fourth-order valence-electron chi connectivity index (χ4n) is 5.43. The smallest absolute Gasteiger partial charge is 0.0468 e. The molecule has 35 heavy (non-hydrogen) atoms. The lowest BCUT2D eigenvalue weighted by molar-refractivity contribution is 0.0714. The highest BCUT2D eigenvalue weighted by atomic mass is 16.5. The van der Waals surface area contributed by atoms with Gasteiger partial charge < -0.3 is 9.47 Å². The molecule has 2 aromatic rings. The highest BCUT2D eigenvalue weighted by Crippen LogP contribution is 2.46. The maximum absolute atomic E-state index is 5.14. The number of hydrogen-bond acceptors (Lipinski definition) is 2. The molecule has 0 radical (unpaired) electrons. The van der Waals surface area contributed by atoms with Crippen LogP contribution in [0.1, 0.15) is 89.5 Å². The zero-order valence-corrected chi connectivity index (χ0v) is 23.6. The Morgan fingerprint density at radius 1 is 0.514 bits per heavy atom. The first-order chi connectivity index (χ1) is 17.1. The number of rotatable bonds is 0. The highest BCUT2D eigenvalue weighted by molar-refractivity contribution is 5.42. The van der Waals surface area contributed by atoms with E-state index in [9.17, 15) is 0 Å². The van der Waals surface area contributed by atoms with Crippen LogP contribution in [0.3, 0.4) is 0 Å². The Labute approximate surface area is 216 Å². The largest absolute Gasteiger partial charge is 0.381 e. The van der Waals surface area contributed by atoms with Gasteiger partial charge in [-0.2, -0.15) is 0 Å². The van der Waals surface area contributed by atoms with Gasteiger partial charge in [0.2, 0.25) is 0 Å². The predicted octanol–water partition coefficient (Wildman–Crippen LogP) is 8.49. The van der Waals surface area contributed by atoms with Gasteiger partial charge in [-0.05, 0) is 90.9 Å². The second-order valence-corrected chi connectivity index (χ2v) is 10.3. The van der Waals surface area contributed by atoms with Crippen LogP contribution >= 0.6 is 0 Å². The third-order valence-electron chi connectivity index (χ3n) is 7.52. The summed E-state index contributed by atoms with van der Waals surface area (Å²) < 4.78 is 10.3. The highest BCUT2D eigenvalue weighted by Gasteiger charge is 2.41. The van der Waals surface area contributed by atoms with E-state index in [2.05, 4.69) is 62.4 Å². The number of fused-ring (bicyclic) bond motifs is 2. The number of hydrogen-bond donors (Lipinski definition) is 0. The van der Waals surface area contributed by atoms with Gasteiger partial charge in [0.05, 0.1) is 0 Å². The first kappa shape index (κ1) is 29.6. The van der Waals surface area contributed by atoms with Crippen molar-refractivity contribution in [3.63, 3.8) is 0 Å². The van der Waals surface area contributed by atoms with E-state index in [-0.39, 0.29) is 0 Å². The molecule has 2 heteroatoms. The molecule has 6 rings (SSSR count). The Balaban J connectivity index is 0.000000201. The third kappa shape index (κ3) is 9.39. The first-order valence-electron chi connectivity index (χ1n) is 14.4. The molecular weight excluding hydrogens is 428 g/mol. The van der Waals surface area contributed by atoms with Crippen LogP contribution in [0.25, 0.3) is 0 Å². The molecule has 1 spiro atoms. The molecule has 2 aliphatic heterocycles. The van der Waals surface area contributed by atoms with Crippen LogP contribution in [-0.2, 0) is 35.2 Å². The Kier molecular flexibility index (Phi) is 13.7. The summed E-state index contributed by atoms with van der Waals surface area (Å²) in [5.74, 6) is 1.82. The first-order valence-corrected chi connectivity index (χ1v) is 14.4. The summed E-state index contributed by atoms with van der Waals surface area (Å²) in [5.41, 5.74) is 6.84. The van der Waals surface area contributed by atoms with Crippen molar-refractivity contribution in [3.05, 3.63) is 70.8 Å². The van der Waals surface area contributed by atoms with Crippen LogP contribution in [0.5, 0.6) is 0 Å². The zero-order chi connectivity index (χ0) is 25.5. The Morgan fingerprint density at radius 2 is 0.771 bits per heavy atom. The summed E-state index contributed by atoms with van der Waals surface area (Å²) in [6.45, 7) is 16.5. The molecular formula is C33H52O2. The quantitative estimate of drug-likeness (QED) is 0.376. The molecule has 0 amide bonds. The number of benzene rings is 2. The minimum atomic E-state index is 0.507. The molecule has 2 aliphatic carbocycles. The van der Waals surface area contributed by atoms with E-state index in [4.69, 9.17) is 9.47 Å². The van der Waals surface area contributed by atoms with Crippen molar-refractivity contribution in [2.75, 3.05) is 26.4 Å². The van der Waals surface area contributed by atoms with E-state index >= 15 is 0 Å². The second-order valence-electron chi connectivity index (χ2n) is 10.3. The molecule has 4 aliphatic rings. The zero-order valence-electron chi connectivity index (χ0n) is 23.6. The normalized spacial score (nSPS) is 19.8. The van der Waals surface area contributed by atoms with Crippen LogP contribution in [0.4, 0.5) is 0 Å². The molecule has 2 aromatic carbocycles. The summed E-state index contributed by atoms with van der Waals surface area (Å²) in [6.07, 6.45) is 10.2. The van der Waals surface area contributed by atoms with Crippen LogP contribution in [0.2, 0.25) is 0 Å². The Morgan fingerprint density at radius 3 is 0.971 bits per heavy atom. The van der Waals surface area contributed by atoms with Gasteiger partial charge in [-0.15, -0.1) is 0 Å². The van der Waals surface area contributed by atoms with E-state index in [1.54, 1.807) is 22.3 Å². The van der Waals surface area contributed by atoms with Crippen LogP contribution in [-0.4, -0.2) is 26.4 Å². The molecule has 2 saturated heterocycles. The van der Waals surface area contributed by atoms with Gasteiger partial charge in [0.1, 0.15) is 0 Å². The van der Waals surface area contributed by atoms with E-state index in [1.807, 2.05) is 27.7 Å². The van der Waals surface area contributed by atoms with Gasteiger partial charge in [0.25, 0.3) is 0 Å². The lowest BCUT2D eigenvalue weighted by Gasteiger charge is -2.21. The lowest BCUT2D eigenvalue weighted by atomic mass is 9.82. The standard InChI is InChI=1S/C17H16.2C6H12O.2C2H6/c1-2-6-14-10-17(9-13(14)5-1)11-15-7-3-4-8-16(15)12-17;2*1-6-2-4-7-5-3-6;2*1-2/h1-8H,9-12H2;2*6H,2-5H2,1H3;2*1-2H3. The summed E-state index contributed by atoms with van der Waals surface area (Å²) in [5, 5.41) is 0. The minimum Gasteiger partial charge on any atom is -0.381 e. The second kappa shape index (κ2) is 16.2. The minimum absolute atomic E-state index is 0.507. The van der Waals surface area contributed by atoms with Gasteiger partial charge >= 0.3 is 0 Å². The van der Waals surface area contributed by atoms with E-state index in [0.717, 1.165) is 38.3 Å². The van der Waals surface area contributed by atoms with E-state index in [1.165, 1.54) is 51.4 Å². The fourth-order valence-corrected chi connectivity index (χ4v) is 5.43. The van der Waals surface area contributed by atoms with Crippen LogP contribution < -0.4 is 0 Å². The molecule has 2 nitrogen and oxygen atoms in total. The van der Waals surface area contributed by atoms with Crippen molar-refractivity contribution in [3.8, 4) is 0 Å². The molecule has 0 aromatic heterocycles. The molecule has 0 bridgehead atoms.